The molecule has 76 valence electrons. The summed E-state index contributed by atoms with van der Waals surface area (Å²) < 4.78 is 0.601. The fraction of sp³-hybridized carbons (Fsp3) is 0.600. The number of H-pyrrole nitrogens is 1. The monoisotopic (exact) mass is 209 g/mol. The number of aromatic nitrogens is 2. The Kier molecular flexibility index (Phi) is 2.82. The molecule has 0 amide bonds. The molecule has 1 aromatic rings. The molecule has 0 bridgehead atoms. The molecule has 0 fully saturated rings. The van der Waals surface area contributed by atoms with Gasteiger partial charge in [0.1, 0.15) is 5.82 Å². The van der Waals surface area contributed by atoms with Crippen LogP contribution in [-0.2, 0) is 12.8 Å². The molecular weight excluding hydrogens is 194 g/mol. The molecule has 0 aromatic carbocycles. The van der Waals surface area contributed by atoms with E-state index in [1.54, 1.807) is 0 Å². The lowest BCUT2D eigenvalue weighted by Gasteiger charge is -2.06. The highest BCUT2D eigenvalue weighted by molar-refractivity contribution is 7.71. The second-order valence-corrected chi connectivity index (χ2v) is 4.01. The van der Waals surface area contributed by atoms with Gasteiger partial charge in [0.25, 0.3) is 0 Å². The topological polar surface area (TPSA) is 40.7 Å². The van der Waals surface area contributed by atoms with E-state index in [1.165, 1.54) is 24.1 Å². The normalized spacial score (nSPS) is 13.8. The molecule has 1 aromatic heterocycles. The van der Waals surface area contributed by atoms with Gasteiger partial charge >= 0.3 is 0 Å². The minimum atomic E-state index is 0.601. The Bertz CT molecular complexity index is 383. The Labute approximate surface area is 89.0 Å². The van der Waals surface area contributed by atoms with E-state index in [0.29, 0.717) is 4.77 Å². The first-order valence-electron chi connectivity index (χ1n) is 5.17. The number of fused-ring (bicyclic) bond motifs is 1. The molecule has 0 radical (unpaired) electrons. The third kappa shape index (κ3) is 1.80. The lowest BCUT2D eigenvalue weighted by atomic mass is 10.1. The van der Waals surface area contributed by atoms with Crippen LogP contribution >= 0.6 is 12.2 Å². The quantitative estimate of drug-likeness (QED) is 0.751. The van der Waals surface area contributed by atoms with E-state index in [1.807, 2.05) is 0 Å². The summed E-state index contributed by atoms with van der Waals surface area (Å²) in [6.07, 6.45) is 4.59. The largest absolute Gasteiger partial charge is 0.369 e. The SMILES string of the molecule is CCCCc1[nH]c(=S)nc2c1CCN2. The van der Waals surface area contributed by atoms with E-state index in [2.05, 4.69) is 22.2 Å². The minimum absolute atomic E-state index is 0.601. The Morgan fingerprint density at radius 1 is 1.50 bits per heavy atom. The fourth-order valence-electron chi connectivity index (χ4n) is 1.83. The molecule has 1 aliphatic heterocycles. The van der Waals surface area contributed by atoms with Crippen molar-refractivity contribution in [1.82, 2.24) is 9.97 Å². The summed E-state index contributed by atoms with van der Waals surface area (Å²) in [5, 5.41) is 3.26. The van der Waals surface area contributed by atoms with Crippen molar-refractivity contribution in [3.05, 3.63) is 16.0 Å². The number of anilines is 1. The van der Waals surface area contributed by atoms with Crippen LogP contribution in [0.5, 0.6) is 0 Å². The molecule has 2 heterocycles. The van der Waals surface area contributed by atoms with Crippen LogP contribution in [0.2, 0.25) is 0 Å². The van der Waals surface area contributed by atoms with Gasteiger partial charge in [-0.05, 0) is 31.5 Å². The van der Waals surface area contributed by atoms with Gasteiger partial charge in [-0.15, -0.1) is 0 Å². The summed E-state index contributed by atoms with van der Waals surface area (Å²) in [7, 11) is 0. The maximum absolute atomic E-state index is 5.08. The summed E-state index contributed by atoms with van der Waals surface area (Å²) in [5.41, 5.74) is 2.62. The van der Waals surface area contributed by atoms with Crippen LogP contribution in [0, 0.1) is 4.77 Å². The van der Waals surface area contributed by atoms with Crippen molar-refractivity contribution in [2.75, 3.05) is 11.9 Å². The van der Waals surface area contributed by atoms with Crippen LogP contribution in [0.25, 0.3) is 0 Å². The lowest BCUT2D eigenvalue weighted by molar-refractivity contribution is 0.764. The van der Waals surface area contributed by atoms with Gasteiger partial charge in [-0.2, -0.15) is 0 Å². The zero-order chi connectivity index (χ0) is 9.97. The van der Waals surface area contributed by atoms with Gasteiger partial charge in [0.2, 0.25) is 0 Å². The van der Waals surface area contributed by atoms with Crippen molar-refractivity contribution in [2.45, 2.75) is 32.6 Å². The van der Waals surface area contributed by atoms with Crippen LogP contribution in [0.3, 0.4) is 0 Å². The number of unbranched alkanes of at least 4 members (excludes halogenated alkanes) is 1. The number of hydrogen-bond donors (Lipinski definition) is 2. The number of rotatable bonds is 3. The lowest BCUT2D eigenvalue weighted by Crippen LogP contribution is -1.99. The van der Waals surface area contributed by atoms with Gasteiger partial charge in [0.05, 0.1) is 0 Å². The van der Waals surface area contributed by atoms with Crippen molar-refractivity contribution in [2.24, 2.45) is 0 Å². The van der Waals surface area contributed by atoms with E-state index in [-0.39, 0.29) is 0 Å². The third-order valence-corrected chi connectivity index (χ3v) is 2.76. The second-order valence-electron chi connectivity index (χ2n) is 3.63. The number of aromatic amines is 1. The zero-order valence-electron chi connectivity index (χ0n) is 8.39. The zero-order valence-corrected chi connectivity index (χ0v) is 9.21. The minimum Gasteiger partial charge on any atom is -0.369 e. The maximum atomic E-state index is 5.08. The molecular formula is C10H15N3S. The van der Waals surface area contributed by atoms with Crippen LogP contribution in [-0.4, -0.2) is 16.5 Å². The molecule has 14 heavy (non-hydrogen) atoms. The average Bonchev–Trinajstić information content (AvgIpc) is 2.61. The van der Waals surface area contributed by atoms with Crippen LogP contribution < -0.4 is 5.32 Å². The smallest absolute Gasteiger partial charge is 0.198 e. The van der Waals surface area contributed by atoms with E-state index in [0.717, 1.165) is 25.2 Å². The van der Waals surface area contributed by atoms with Gasteiger partial charge in [-0.25, -0.2) is 4.98 Å². The molecule has 0 saturated carbocycles. The molecule has 0 atom stereocenters. The average molecular weight is 209 g/mol. The molecule has 0 saturated heterocycles. The molecule has 2 N–H and O–H groups in total. The van der Waals surface area contributed by atoms with Gasteiger partial charge in [0, 0.05) is 17.8 Å². The highest BCUT2D eigenvalue weighted by Gasteiger charge is 2.15. The molecule has 3 nitrogen and oxygen atoms in total. The number of nitrogens with one attached hydrogen (secondary N) is 2. The summed E-state index contributed by atoms with van der Waals surface area (Å²) in [5.74, 6) is 1.000. The molecule has 4 heteroatoms. The summed E-state index contributed by atoms with van der Waals surface area (Å²) in [4.78, 5) is 7.48. The molecule has 2 rings (SSSR count). The van der Waals surface area contributed by atoms with Crippen molar-refractivity contribution in [1.29, 1.82) is 0 Å². The van der Waals surface area contributed by atoms with Crippen LogP contribution in [0.4, 0.5) is 5.82 Å². The predicted octanol–water partition coefficient (Wildman–Crippen LogP) is 2.45. The molecule has 0 spiro atoms. The standard InChI is InChI=1S/C10H15N3S/c1-2-3-4-8-7-5-6-11-9(7)13-10(14)12-8/h2-6H2,1H3,(H2,11,12,13,14). The third-order valence-electron chi connectivity index (χ3n) is 2.57. The summed E-state index contributed by atoms with van der Waals surface area (Å²) in [6.45, 7) is 3.20. The molecule has 0 aliphatic carbocycles. The first kappa shape index (κ1) is 9.65. The Morgan fingerprint density at radius 3 is 3.14 bits per heavy atom. The fourth-order valence-corrected chi connectivity index (χ4v) is 2.05. The maximum Gasteiger partial charge on any atom is 0.198 e. The van der Waals surface area contributed by atoms with Crippen molar-refractivity contribution >= 4 is 18.0 Å². The van der Waals surface area contributed by atoms with Gasteiger partial charge < -0.3 is 10.3 Å². The number of nitrogens with zero attached hydrogens (tertiary/aromatic N) is 1. The Balaban J connectivity index is 2.34. The van der Waals surface area contributed by atoms with E-state index in [9.17, 15) is 0 Å². The van der Waals surface area contributed by atoms with Gasteiger partial charge in [-0.3, -0.25) is 0 Å². The summed E-state index contributed by atoms with van der Waals surface area (Å²) >= 11 is 5.08. The van der Waals surface area contributed by atoms with E-state index >= 15 is 0 Å². The van der Waals surface area contributed by atoms with Crippen molar-refractivity contribution < 1.29 is 0 Å². The second kappa shape index (κ2) is 4.09. The first-order valence-corrected chi connectivity index (χ1v) is 5.58. The number of hydrogen-bond acceptors (Lipinski definition) is 3. The van der Waals surface area contributed by atoms with Gasteiger partial charge in [0.15, 0.2) is 4.77 Å². The highest BCUT2D eigenvalue weighted by atomic mass is 32.1. The van der Waals surface area contributed by atoms with Crippen molar-refractivity contribution in [3.63, 3.8) is 0 Å². The molecule has 1 aliphatic rings. The Hall–Kier alpha value is -0.900. The van der Waals surface area contributed by atoms with Crippen LogP contribution in [0.15, 0.2) is 0 Å². The Morgan fingerprint density at radius 2 is 2.36 bits per heavy atom. The van der Waals surface area contributed by atoms with Crippen LogP contribution in [0.1, 0.15) is 31.0 Å². The van der Waals surface area contributed by atoms with Crippen molar-refractivity contribution in [3.8, 4) is 0 Å². The molecule has 0 unspecified atom stereocenters. The number of aryl methyl sites for hydroxylation is 1. The summed E-state index contributed by atoms with van der Waals surface area (Å²) in [6, 6.07) is 0. The van der Waals surface area contributed by atoms with E-state index < -0.39 is 0 Å². The van der Waals surface area contributed by atoms with Gasteiger partial charge in [-0.1, -0.05) is 13.3 Å². The predicted molar refractivity (Wildman–Crippen MR) is 60.2 cm³/mol. The first-order chi connectivity index (χ1) is 6.81. The highest BCUT2D eigenvalue weighted by Crippen LogP contribution is 2.22. The van der Waals surface area contributed by atoms with E-state index in [4.69, 9.17) is 12.2 Å².